The van der Waals surface area contributed by atoms with Gasteiger partial charge in [0.25, 0.3) is 0 Å². The average Bonchev–Trinajstić information content (AvgIpc) is 2.94. The van der Waals surface area contributed by atoms with Crippen LogP contribution in [-0.4, -0.2) is 29.2 Å². The van der Waals surface area contributed by atoms with Crippen molar-refractivity contribution < 1.29 is 9.59 Å². The molecule has 0 aromatic heterocycles. The van der Waals surface area contributed by atoms with Crippen LogP contribution in [0.2, 0.25) is 0 Å². The van der Waals surface area contributed by atoms with E-state index >= 15 is 0 Å². The molecule has 0 aliphatic carbocycles. The van der Waals surface area contributed by atoms with Crippen molar-refractivity contribution in [3.8, 4) is 0 Å². The lowest BCUT2D eigenvalue weighted by Gasteiger charge is -2.22. The second-order valence-electron chi connectivity index (χ2n) is 5.54. The topological polar surface area (TPSA) is 37.4 Å². The van der Waals surface area contributed by atoms with Crippen molar-refractivity contribution in [3.63, 3.8) is 0 Å². The highest BCUT2D eigenvalue weighted by Crippen LogP contribution is 2.21. The Labute approximate surface area is 121 Å². The first-order chi connectivity index (χ1) is 9.63. The van der Waals surface area contributed by atoms with Crippen LogP contribution in [0.5, 0.6) is 0 Å². The summed E-state index contributed by atoms with van der Waals surface area (Å²) in [6.45, 7) is 4.42. The van der Waals surface area contributed by atoms with Gasteiger partial charge in [0.05, 0.1) is 6.04 Å². The van der Waals surface area contributed by atoms with Crippen LogP contribution in [-0.2, 0) is 11.2 Å². The number of ketones is 1. The van der Waals surface area contributed by atoms with E-state index in [1.807, 2.05) is 24.3 Å². The molecule has 0 N–H and O–H groups in total. The zero-order valence-electron chi connectivity index (χ0n) is 12.4. The van der Waals surface area contributed by atoms with Crippen molar-refractivity contribution in [2.24, 2.45) is 0 Å². The number of benzene rings is 1. The van der Waals surface area contributed by atoms with Crippen molar-refractivity contribution in [3.05, 3.63) is 35.4 Å². The third-order valence-corrected chi connectivity index (χ3v) is 4.02. The number of Topliss-reactive ketones (excluding diaryl/α,β-unsaturated/α-hetero) is 1. The Morgan fingerprint density at radius 3 is 2.55 bits per heavy atom. The minimum Gasteiger partial charge on any atom is -0.333 e. The van der Waals surface area contributed by atoms with Gasteiger partial charge >= 0.3 is 0 Å². The summed E-state index contributed by atoms with van der Waals surface area (Å²) in [6, 6.07) is 7.63. The smallest absolute Gasteiger partial charge is 0.220 e. The van der Waals surface area contributed by atoms with Gasteiger partial charge in [-0.2, -0.15) is 0 Å². The van der Waals surface area contributed by atoms with E-state index in [1.165, 1.54) is 18.4 Å². The normalized spacial score (nSPS) is 18.3. The zero-order valence-corrected chi connectivity index (χ0v) is 12.4. The second kappa shape index (κ2) is 6.69. The number of amides is 1. The molecular formula is C17H23NO2. The summed E-state index contributed by atoms with van der Waals surface area (Å²) in [5.41, 5.74) is 2.00. The lowest BCUT2D eigenvalue weighted by Crippen LogP contribution is -2.39. The standard InChI is InChI=1S/C17H23NO2/c1-3-4-6-14-8-10-15(11-9-14)17(20)16-7-5-12-18(16)13(2)19/h8-11,16H,3-7,12H2,1-2H3. The molecule has 1 aromatic rings. The van der Waals surface area contributed by atoms with E-state index in [0.717, 1.165) is 24.8 Å². The van der Waals surface area contributed by atoms with Crippen LogP contribution >= 0.6 is 0 Å². The number of unbranched alkanes of at least 4 members (excludes halogenated alkanes) is 1. The molecule has 1 unspecified atom stereocenters. The molecule has 0 bridgehead atoms. The van der Waals surface area contributed by atoms with E-state index in [-0.39, 0.29) is 17.7 Å². The summed E-state index contributed by atoms with van der Waals surface area (Å²) in [7, 11) is 0. The third-order valence-electron chi connectivity index (χ3n) is 4.02. The summed E-state index contributed by atoms with van der Waals surface area (Å²) >= 11 is 0. The van der Waals surface area contributed by atoms with Gasteiger partial charge in [-0.25, -0.2) is 0 Å². The number of hydrogen-bond donors (Lipinski definition) is 0. The maximum absolute atomic E-state index is 12.5. The SMILES string of the molecule is CCCCc1ccc(C(=O)C2CCCN2C(C)=O)cc1. The third kappa shape index (κ3) is 3.27. The number of likely N-dealkylation sites (tertiary alicyclic amines) is 1. The van der Waals surface area contributed by atoms with Crippen molar-refractivity contribution in [2.45, 2.75) is 52.0 Å². The molecule has 1 saturated heterocycles. The largest absolute Gasteiger partial charge is 0.333 e. The summed E-state index contributed by atoms with van der Waals surface area (Å²) < 4.78 is 0. The Morgan fingerprint density at radius 2 is 1.95 bits per heavy atom. The van der Waals surface area contributed by atoms with Gasteiger partial charge in [-0.05, 0) is 31.2 Å². The van der Waals surface area contributed by atoms with Crippen LogP contribution < -0.4 is 0 Å². The van der Waals surface area contributed by atoms with E-state index in [4.69, 9.17) is 0 Å². The Bertz CT molecular complexity index is 478. The van der Waals surface area contributed by atoms with Crippen LogP contribution in [0.25, 0.3) is 0 Å². The van der Waals surface area contributed by atoms with E-state index in [0.29, 0.717) is 6.54 Å². The van der Waals surface area contributed by atoms with Gasteiger partial charge in [-0.3, -0.25) is 9.59 Å². The van der Waals surface area contributed by atoms with Crippen molar-refractivity contribution in [1.29, 1.82) is 0 Å². The van der Waals surface area contributed by atoms with Gasteiger partial charge < -0.3 is 4.90 Å². The highest BCUT2D eigenvalue weighted by Gasteiger charge is 2.32. The molecule has 0 radical (unpaired) electrons. The number of hydrogen-bond acceptors (Lipinski definition) is 2. The van der Waals surface area contributed by atoms with Crippen molar-refractivity contribution >= 4 is 11.7 Å². The van der Waals surface area contributed by atoms with Gasteiger partial charge in [0.2, 0.25) is 5.91 Å². The quantitative estimate of drug-likeness (QED) is 0.772. The van der Waals surface area contributed by atoms with Gasteiger partial charge in [0.15, 0.2) is 5.78 Å². The Hall–Kier alpha value is -1.64. The minimum absolute atomic E-state index is 0.000385. The maximum atomic E-state index is 12.5. The fourth-order valence-electron chi connectivity index (χ4n) is 2.83. The number of carbonyl (C=O) groups is 2. The van der Waals surface area contributed by atoms with E-state index < -0.39 is 0 Å². The summed E-state index contributed by atoms with van der Waals surface area (Å²) in [6.07, 6.45) is 5.12. The molecule has 1 aliphatic heterocycles. The highest BCUT2D eigenvalue weighted by molar-refractivity contribution is 6.02. The van der Waals surface area contributed by atoms with Gasteiger partial charge in [-0.15, -0.1) is 0 Å². The van der Waals surface area contributed by atoms with Crippen molar-refractivity contribution in [1.82, 2.24) is 4.90 Å². The van der Waals surface area contributed by atoms with Gasteiger partial charge in [0, 0.05) is 19.0 Å². The molecular weight excluding hydrogens is 250 g/mol. The van der Waals surface area contributed by atoms with Crippen LogP contribution in [0.4, 0.5) is 0 Å². The molecule has 0 spiro atoms. The molecule has 3 nitrogen and oxygen atoms in total. The Balaban J connectivity index is 2.07. The highest BCUT2D eigenvalue weighted by atomic mass is 16.2. The van der Waals surface area contributed by atoms with E-state index in [1.54, 1.807) is 11.8 Å². The zero-order chi connectivity index (χ0) is 14.5. The number of aryl methyl sites for hydroxylation is 1. The van der Waals surface area contributed by atoms with Crippen molar-refractivity contribution in [2.75, 3.05) is 6.54 Å². The number of carbonyl (C=O) groups excluding carboxylic acids is 2. The van der Waals surface area contributed by atoms with E-state index in [2.05, 4.69) is 6.92 Å². The second-order valence-corrected chi connectivity index (χ2v) is 5.54. The van der Waals surface area contributed by atoms with Crippen LogP contribution in [0, 0.1) is 0 Å². The molecule has 1 aliphatic rings. The number of rotatable bonds is 5. The first-order valence-electron chi connectivity index (χ1n) is 7.54. The molecule has 1 aromatic carbocycles. The summed E-state index contributed by atoms with van der Waals surface area (Å²) in [5, 5.41) is 0. The predicted molar refractivity (Wildman–Crippen MR) is 79.8 cm³/mol. The Morgan fingerprint density at radius 1 is 1.25 bits per heavy atom. The monoisotopic (exact) mass is 273 g/mol. The minimum atomic E-state index is -0.256. The average molecular weight is 273 g/mol. The van der Waals surface area contributed by atoms with Gasteiger partial charge in [0.1, 0.15) is 0 Å². The maximum Gasteiger partial charge on any atom is 0.220 e. The predicted octanol–water partition coefficient (Wildman–Crippen LogP) is 3.22. The summed E-state index contributed by atoms with van der Waals surface area (Å²) in [5.74, 6) is 0.0835. The Kier molecular flexibility index (Phi) is 4.94. The number of nitrogens with zero attached hydrogens (tertiary/aromatic N) is 1. The first-order valence-corrected chi connectivity index (χ1v) is 7.54. The molecule has 1 fully saturated rings. The molecule has 1 amide bonds. The van der Waals surface area contributed by atoms with Crippen LogP contribution in [0.1, 0.15) is 55.5 Å². The molecule has 108 valence electrons. The fourth-order valence-corrected chi connectivity index (χ4v) is 2.83. The lowest BCUT2D eigenvalue weighted by molar-refractivity contribution is -0.128. The molecule has 20 heavy (non-hydrogen) atoms. The first kappa shape index (κ1) is 14.8. The molecule has 3 heteroatoms. The summed E-state index contributed by atoms with van der Waals surface area (Å²) in [4.78, 5) is 25.7. The molecule has 1 atom stereocenters. The molecule has 2 rings (SSSR count). The van der Waals surface area contributed by atoms with Crippen LogP contribution in [0.15, 0.2) is 24.3 Å². The molecule has 1 heterocycles. The lowest BCUT2D eigenvalue weighted by atomic mass is 9.99. The molecule has 0 saturated carbocycles. The van der Waals surface area contributed by atoms with Crippen LogP contribution in [0.3, 0.4) is 0 Å². The van der Waals surface area contributed by atoms with E-state index in [9.17, 15) is 9.59 Å². The van der Waals surface area contributed by atoms with Gasteiger partial charge in [-0.1, -0.05) is 37.6 Å². The fraction of sp³-hybridized carbons (Fsp3) is 0.529.